The lowest BCUT2D eigenvalue weighted by Gasteiger charge is -2.07. The van der Waals surface area contributed by atoms with E-state index in [9.17, 15) is 19.2 Å². The van der Waals surface area contributed by atoms with E-state index in [4.69, 9.17) is 9.47 Å². The van der Waals surface area contributed by atoms with E-state index < -0.39 is 0 Å². The fraction of sp³-hybridized carbons (Fsp3) is 0.733. The largest absolute Gasteiger partial charge is 0.370 e. The van der Waals surface area contributed by atoms with Crippen LogP contribution in [0.15, 0.2) is 0 Å². The lowest BCUT2D eigenvalue weighted by atomic mass is 10.2. The van der Waals surface area contributed by atoms with Gasteiger partial charge in [-0.25, -0.2) is 0 Å². The first kappa shape index (κ1) is 22.8. The van der Waals surface area contributed by atoms with Gasteiger partial charge in [-0.2, -0.15) is 0 Å². The maximum atomic E-state index is 11.5. The Morgan fingerprint density at radius 1 is 0.680 bits per heavy atom. The summed E-state index contributed by atoms with van der Waals surface area (Å²) >= 11 is 0. The first-order valence-electron chi connectivity index (χ1n) is 8.09. The Kier molecular flexibility index (Phi) is 14.0. The van der Waals surface area contributed by atoms with Crippen molar-refractivity contribution in [2.24, 2.45) is 0 Å². The normalized spacial score (nSPS) is 10.0. The van der Waals surface area contributed by atoms with Crippen LogP contribution in [-0.4, -0.2) is 77.2 Å². The van der Waals surface area contributed by atoms with Gasteiger partial charge in [-0.1, -0.05) is 0 Å². The molecule has 4 N–H and O–H groups in total. The first-order valence-corrected chi connectivity index (χ1v) is 8.09. The third kappa shape index (κ3) is 15.1. The molecule has 0 atom stereocenters. The summed E-state index contributed by atoms with van der Waals surface area (Å²) in [7, 11) is 3.03. The number of hydrogen-bond acceptors (Lipinski definition) is 6. The molecule has 10 nitrogen and oxygen atoms in total. The lowest BCUT2D eigenvalue weighted by Crippen LogP contribution is -2.31. The molecule has 0 unspecified atom stereocenters. The van der Waals surface area contributed by atoms with Crippen LogP contribution in [0.1, 0.15) is 19.3 Å². The zero-order chi connectivity index (χ0) is 18.9. The van der Waals surface area contributed by atoms with Gasteiger partial charge in [0.1, 0.15) is 13.2 Å². The third-order valence-corrected chi connectivity index (χ3v) is 2.97. The van der Waals surface area contributed by atoms with E-state index in [1.807, 2.05) is 0 Å². The van der Waals surface area contributed by atoms with Crippen molar-refractivity contribution in [1.29, 1.82) is 0 Å². The van der Waals surface area contributed by atoms with Gasteiger partial charge in [-0.15, -0.1) is 0 Å². The topological polar surface area (TPSA) is 135 Å². The minimum atomic E-state index is -0.226. The Balaban J connectivity index is 3.46. The maximum absolute atomic E-state index is 11.5. The van der Waals surface area contributed by atoms with Crippen molar-refractivity contribution in [3.05, 3.63) is 0 Å². The molecule has 0 heterocycles. The van der Waals surface area contributed by atoms with Crippen LogP contribution >= 0.6 is 0 Å². The van der Waals surface area contributed by atoms with Gasteiger partial charge in [0.25, 0.3) is 0 Å². The highest BCUT2D eigenvalue weighted by Gasteiger charge is 2.05. The Morgan fingerprint density at radius 2 is 1.08 bits per heavy atom. The summed E-state index contributed by atoms with van der Waals surface area (Å²) in [5.74, 6) is -0.803. The van der Waals surface area contributed by atoms with Crippen LogP contribution in [0.5, 0.6) is 0 Å². The molecule has 0 aromatic rings. The number of ether oxygens (including phenoxy) is 2. The number of carbonyl (C=O) groups is 4. The van der Waals surface area contributed by atoms with E-state index in [0.717, 1.165) is 0 Å². The van der Waals surface area contributed by atoms with Gasteiger partial charge in [-0.3, -0.25) is 19.2 Å². The Labute approximate surface area is 147 Å². The second kappa shape index (κ2) is 15.3. The molecule has 0 aliphatic carbocycles. The van der Waals surface area contributed by atoms with Crippen LogP contribution in [0.3, 0.4) is 0 Å². The number of carbonyl (C=O) groups excluding carboxylic acids is 4. The molecule has 0 aliphatic heterocycles. The second-order valence-electron chi connectivity index (χ2n) is 5.00. The summed E-state index contributed by atoms with van der Waals surface area (Å²) < 4.78 is 10.1. The van der Waals surface area contributed by atoms with Crippen LogP contribution in [0, 0.1) is 0 Å². The number of rotatable bonds is 14. The smallest absolute Gasteiger partial charge is 0.245 e. The van der Waals surface area contributed by atoms with Crippen molar-refractivity contribution in [2.75, 3.05) is 53.6 Å². The van der Waals surface area contributed by atoms with Crippen LogP contribution in [0.2, 0.25) is 0 Å². The highest BCUT2D eigenvalue weighted by atomic mass is 16.5. The summed E-state index contributed by atoms with van der Waals surface area (Å²) in [5.41, 5.74) is 0. The molecular formula is C15H28N4O6. The lowest BCUT2D eigenvalue weighted by molar-refractivity contribution is -0.126. The molecule has 4 amide bonds. The number of nitrogens with one attached hydrogen (secondary N) is 4. The Morgan fingerprint density at radius 3 is 1.44 bits per heavy atom. The number of hydrogen-bond donors (Lipinski definition) is 4. The quantitative estimate of drug-likeness (QED) is 0.263. The minimum absolute atomic E-state index is 0.0423. The van der Waals surface area contributed by atoms with Crippen molar-refractivity contribution >= 4 is 23.6 Å². The molecule has 0 bridgehead atoms. The van der Waals surface area contributed by atoms with Crippen LogP contribution in [-0.2, 0) is 28.7 Å². The van der Waals surface area contributed by atoms with Crippen molar-refractivity contribution in [3.63, 3.8) is 0 Å². The van der Waals surface area contributed by atoms with Gasteiger partial charge in [0, 0.05) is 40.0 Å². The summed E-state index contributed by atoms with van der Waals surface area (Å²) in [4.78, 5) is 44.8. The minimum Gasteiger partial charge on any atom is -0.370 e. The van der Waals surface area contributed by atoms with E-state index in [1.165, 1.54) is 14.1 Å². The molecule has 0 radical (unpaired) electrons. The highest BCUT2D eigenvalue weighted by Crippen LogP contribution is 1.95. The summed E-state index contributed by atoms with van der Waals surface area (Å²) in [6, 6.07) is 0. The molecule has 144 valence electrons. The van der Waals surface area contributed by atoms with Gasteiger partial charge in [0.15, 0.2) is 0 Å². The van der Waals surface area contributed by atoms with E-state index in [-0.39, 0.29) is 62.9 Å². The van der Waals surface area contributed by atoms with Gasteiger partial charge in [0.2, 0.25) is 23.6 Å². The van der Waals surface area contributed by atoms with E-state index in [2.05, 4.69) is 21.3 Å². The predicted octanol–water partition coefficient (Wildman–Crippen LogP) is -2.09. The molecule has 25 heavy (non-hydrogen) atoms. The molecule has 10 heteroatoms. The first-order chi connectivity index (χ1) is 12.0. The fourth-order valence-electron chi connectivity index (χ4n) is 1.59. The van der Waals surface area contributed by atoms with Gasteiger partial charge >= 0.3 is 0 Å². The zero-order valence-corrected chi connectivity index (χ0v) is 14.8. The monoisotopic (exact) mass is 360 g/mol. The molecular weight excluding hydrogens is 332 g/mol. The standard InChI is InChI=1S/C15H28N4O6/c1-16-14(22)10-24-8-6-18-12(20)4-3-5-13(21)19-7-9-25-11-15(23)17-2/h3-11H2,1-2H3,(H,16,22)(H,17,23)(H,18,20)(H,19,21). The average Bonchev–Trinajstić information content (AvgIpc) is 2.60. The molecule has 0 aromatic carbocycles. The van der Waals surface area contributed by atoms with Crippen LogP contribution in [0.4, 0.5) is 0 Å². The molecule has 0 fully saturated rings. The Bertz CT molecular complexity index is 392. The summed E-state index contributed by atoms with van der Waals surface area (Å²) in [6.45, 7) is 1.03. The average molecular weight is 360 g/mol. The maximum Gasteiger partial charge on any atom is 0.245 e. The summed E-state index contributed by atoms with van der Waals surface area (Å²) in [5, 5.41) is 10.1. The zero-order valence-electron chi connectivity index (χ0n) is 14.8. The Hall–Kier alpha value is -2.20. The molecule has 0 aliphatic rings. The van der Waals surface area contributed by atoms with Crippen molar-refractivity contribution in [1.82, 2.24) is 21.3 Å². The van der Waals surface area contributed by atoms with E-state index >= 15 is 0 Å². The fourth-order valence-corrected chi connectivity index (χ4v) is 1.59. The second-order valence-corrected chi connectivity index (χ2v) is 5.00. The number of likely N-dealkylation sites (N-methyl/N-ethyl adjacent to an activating group) is 2. The van der Waals surface area contributed by atoms with Crippen molar-refractivity contribution in [2.45, 2.75) is 19.3 Å². The van der Waals surface area contributed by atoms with Gasteiger partial charge in [-0.05, 0) is 6.42 Å². The molecule has 0 saturated heterocycles. The van der Waals surface area contributed by atoms with Crippen molar-refractivity contribution < 1.29 is 28.7 Å². The molecule has 0 rings (SSSR count). The van der Waals surface area contributed by atoms with E-state index in [0.29, 0.717) is 19.5 Å². The van der Waals surface area contributed by atoms with Gasteiger partial charge < -0.3 is 30.7 Å². The molecule has 0 spiro atoms. The van der Waals surface area contributed by atoms with Crippen molar-refractivity contribution in [3.8, 4) is 0 Å². The van der Waals surface area contributed by atoms with Gasteiger partial charge in [0.05, 0.1) is 13.2 Å². The highest BCUT2D eigenvalue weighted by molar-refractivity contribution is 5.79. The number of amides is 4. The van der Waals surface area contributed by atoms with Crippen LogP contribution in [0.25, 0.3) is 0 Å². The van der Waals surface area contributed by atoms with E-state index in [1.54, 1.807) is 0 Å². The predicted molar refractivity (Wildman–Crippen MR) is 89.6 cm³/mol. The molecule has 0 saturated carbocycles. The SMILES string of the molecule is CNC(=O)COCCNC(=O)CCCC(=O)NCCOCC(=O)NC. The third-order valence-electron chi connectivity index (χ3n) is 2.97. The molecule has 0 aromatic heterocycles. The van der Waals surface area contributed by atoms with Crippen LogP contribution < -0.4 is 21.3 Å². The summed E-state index contributed by atoms with van der Waals surface area (Å²) in [6.07, 6.45) is 0.891.